The first kappa shape index (κ1) is 10.9. The quantitative estimate of drug-likeness (QED) is 0.447. The third-order valence-corrected chi connectivity index (χ3v) is 1.76. The zero-order valence-electron chi connectivity index (χ0n) is 7.61. The molecule has 0 aliphatic rings. The number of carbonyl (C=O) groups is 2. The summed E-state index contributed by atoms with van der Waals surface area (Å²) >= 11 is 0. The van der Waals surface area contributed by atoms with Gasteiger partial charge in [-0.05, 0) is 24.3 Å². The maximum Gasteiger partial charge on any atom is 0.337 e. The highest BCUT2D eigenvalue weighted by Gasteiger charge is 2.12. The molecule has 3 N–H and O–H groups in total. The minimum absolute atomic E-state index is 0.0676. The van der Waals surface area contributed by atoms with Crippen LogP contribution in [0.1, 0.15) is 15.9 Å². The number of allylic oxidation sites excluding steroid dienone is 1. The van der Waals surface area contributed by atoms with E-state index in [-0.39, 0.29) is 16.8 Å². The van der Waals surface area contributed by atoms with Gasteiger partial charge in [0, 0.05) is 5.56 Å². The molecule has 0 aliphatic heterocycles. The van der Waals surface area contributed by atoms with Crippen molar-refractivity contribution in [2.24, 2.45) is 0 Å². The number of hydrogen-bond donors (Lipinski definition) is 2. The molecule has 0 bridgehead atoms. The van der Waals surface area contributed by atoms with E-state index in [0.29, 0.717) is 6.29 Å². The SMILES string of the molecule is Nc1c(C=CC=O)cc(F)cc1C(=O)O. The summed E-state index contributed by atoms with van der Waals surface area (Å²) in [6.07, 6.45) is 2.85. The van der Waals surface area contributed by atoms with E-state index >= 15 is 0 Å². The summed E-state index contributed by atoms with van der Waals surface area (Å²) in [5.41, 5.74) is 5.26. The Balaban J connectivity index is 3.34. The lowest BCUT2D eigenvalue weighted by Gasteiger charge is -2.04. The smallest absolute Gasteiger partial charge is 0.337 e. The highest BCUT2D eigenvalue weighted by atomic mass is 19.1. The van der Waals surface area contributed by atoms with Crippen LogP contribution in [0.5, 0.6) is 0 Å². The number of rotatable bonds is 3. The molecule has 0 unspecified atom stereocenters. The normalized spacial score (nSPS) is 10.5. The minimum Gasteiger partial charge on any atom is -0.478 e. The van der Waals surface area contributed by atoms with Crippen LogP contribution in [0.2, 0.25) is 0 Å². The molecule has 4 nitrogen and oxygen atoms in total. The van der Waals surface area contributed by atoms with Crippen molar-refractivity contribution in [2.75, 3.05) is 5.73 Å². The Labute approximate surface area is 84.8 Å². The molecule has 0 aromatic heterocycles. The zero-order valence-corrected chi connectivity index (χ0v) is 7.61. The second-order valence-corrected chi connectivity index (χ2v) is 2.76. The standard InChI is InChI=1S/C10H8FNO3/c11-7-4-6(2-1-3-13)9(12)8(5-7)10(14)15/h1-5H,12H2,(H,14,15). The first-order valence-corrected chi connectivity index (χ1v) is 4.00. The number of halogens is 1. The zero-order chi connectivity index (χ0) is 11.4. The van der Waals surface area contributed by atoms with Gasteiger partial charge in [0.2, 0.25) is 0 Å². The van der Waals surface area contributed by atoms with E-state index in [1.165, 1.54) is 6.08 Å². The Morgan fingerprint density at radius 1 is 1.47 bits per heavy atom. The molecule has 0 heterocycles. The van der Waals surface area contributed by atoms with Crippen LogP contribution < -0.4 is 5.73 Å². The van der Waals surface area contributed by atoms with Gasteiger partial charge in [0.1, 0.15) is 12.1 Å². The molecule has 0 amide bonds. The highest BCUT2D eigenvalue weighted by Crippen LogP contribution is 2.21. The molecule has 1 aromatic carbocycles. The predicted octanol–water partition coefficient (Wildman–Crippen LogP) is 1.32. The molecule has 0 atom stereocenters. The van der Waals surface area contributed by atoms with E-state index in [1.807, 2.05) is 0 Å². The van der Waals surface area contributed by atoms with Gasteiger partial charge in [-0.2, -0.15) is 0 Å². The predicted molar refractivity (Wildman–Crippen MR) is 52.9 cm³/mol. The molecule has 0 saturated heterocycles. The Morgan fingerprint density at radius 3 is 2.67 bits per heavy atom. The number of carboxylic acid groups (broad SMARTS) is 1. The van der Waals surface area contributed by atoms with Gasteiger partial charge < -0.3 is 10.8 Å². The summed E-state index contributed by atoms with van der Waals surface area (Å²) in [4.78, 5) is 20.7. The maximum atomic E-state index is 13.0. The van der Waals surface area contributed by atoms with Gasteiger partial charge in [-0.3, -0.25) is 4.79 Å². The van der Waals surface area contributed by atoms with Crippen molar-refractivity contribution in [1.29, 1.82) is 0 Å². The number of nitrogen functional groups attached to an aromatic ring is 1. The van der Waals surface area contributed by atoms with E-state index in [4.69, 9.17) is 10.8 Å². The van der Waals surface area contributed by atoms with Gasteiger partial charge in [-0.1, -0.05) is 0 Å². The molecular formula is C10H8FNO3. The Morgan fingerprint density at radius 2 is 2.13 bits per heavy atom. The summed E-state index contributed by atoms with van der Waals surface area (Å²) in [6.45, 7) is 0. The number of carbonyl (C=O) groups excluding carboxylic acids is 1. The minimum atomic E-state index is -1.31. The van der Waals surface area contributed by atoms with Crippen molar-refractivity contribution < 1.29 is 19.1 Å². The molecular weight excluding hydrogens is 201 g/mol. The van der Waals surface area contributed by atoms with Crippen LogP contribution in [-0.4, -0.2) is 17.4 Å². The molecule has 0 radical (unpaired) electrons. The molecule has 15 heavy (non-hydrogen) atoms. The second-order valence-electron chi connectivity index (χ2n) is 2.76. The van der Waals surface area contributed by atoms with E-state index in [1.54, 1.807) is 0 Å². The number of nitrogens with two attached hydrogens (primary N) is 1. The number of carboxylic acids is 1. The fourth-order valence-electron chi connectivity index (χ4n) is 1.10. The Kier molecular flexibility index (Phi) is 3.17. The van der Waals surface area contributed by atoms with Crippen molar-refractivity contribution >= 4 is 24.0 Å². The second kappa shape index (κ2) is 4.36. The third-order valence-electron chi connectivity index (χ3n) is 1.76. The number of aromatic carboxylic acids is 1. The van der Waals surface area contributed by atoms with Gasteiger partial charge in [-0.15, -0.1) is 0 Å². The van der Waals surface area contributed by atoms with Crippen molar-refractivity contribution in [1.82, 2.24) is 0 Å². The number of hydrogen-bond acceptors (Lipinski definition) is 3. The van der Waals surface area contributed by atoms with E-state index in [9.17, 15) is 14.0 Å². The Bertz CT molecular complexity index is 441. The fourth-order valence-corrected chi connectivity index (χ4v) is 1.10. The molecule has 1 rings (SSSR count). The summed E-state index contributed by atoms with van der Waals surface area (Å²) in [7, 11) is 0. The van der Waals surface area contributed by atoms with Crippen LogP contribution in [0.15, 0.2) is 18.2 Å². The first-order chi connectivity index (χ1) is 7.06. The molecule has 78 valence electrons. The monoisotopic (exact) mass is 209 g/mol. The average molecular weight is 209 g/mol. The summed E-state index contributed by atoms with van der Waals surface area (Å²) in [6, 6.07) is 1.89. The van der Waals surface area contributed by atoms with Gasteiger partial charge in [-0.25, -0.2) is 9.18 Å². The molecule has 0 saturated carbocycles. The van der Waals surface area contributed by atoms with Crippen LogP contribution in [-0.2, 0) is 4.79 Å². The largest absolute Gasteiger partial charge is 0.478 e. The summed E-state index contributed by atoms with van der Waals surface area (Å²) in [5, 5.41) is 8.70. The lowest BCUT2D eigenvalue weighted by molar-refractivity contribution is -0.104. The molecule has 0 fully saturated rings. The lowest BCUT2D eigenvalue weighted by atomic mass is 10.1. The van der Waals surface area contributed by atoms with Crippen LogP contribution in [0.4, 0.5) is 10.1 Å². The van der Waals surface area contributed by atoms with E-state index < -0.39 is 11.8 Å². The maximum absolute atomic E-state index is 13.0. The number of anilines is 1. The Hall–Kier alpha value is -2.17. The van der Waals surface area contributed by atoms with Gasteiger partial charge in [0.15, 0.2) is 0 Å². The number of benzene rings is 1. The van der Waals surface area contributed by atoms with Crippen LogP contribution in [0, 0.1) is 5.82 Å². The van der Waals surface area contributed by atoms with Crippen molar-refractivity contribution in [3.8, 4) is 0 Å². The molecule has 0 spiro atoms. The van der Waals surface area contributed by atoms with Gasteiger partial charge in [0.05, 0.1) is 11.3 Å². The van der Waals surface area contributed by atoms with Gasteiger partial charge >= 0.3 is 5.97 Å². The van der Waals surface area contributed by atoms with Crippen molar-refractivity contribution in [2.45, 2.75) is 0 Å². The van der Waals surface area contributed by atoms with Crippen molar-refractivity contribution in [3.63, 3.8) is 0 Å². The highest BCUT2D eigenvalue weighted by molar-refractivity contribution is 5.96. The summed E-state index contributed by atoms with van der Waals surface area (Å²) < 4.78 is 13.0. The number of aldehydes is 1. The van der Waals surface area contributed by atoms with Crippen LogP contribution in [0.25, 0.3) is 6.08 Å². The van der Waals surface area contributed by atoms with E-state index in [2.05, 4.69) is 0 Å². The third kappa shape index (κ3) is 2.40. The molecule has 5 heteroatoms. The van der Waals surface area contributed by atoms with E-state index in [0.717, 1.165) is 18.2 Å². The van der Waals surface area contributed by atoms with Crippen LogP contribution >= 0.6 is 0 Å². The summed E-state index contributed by atoms with van der Waals surface area (Å²) in [5.74, 6) is -2.03. The first-order valence-electron chi connectivity index (χ1n) is 4.00. The lowest BCUT2D eigenvalue weighted by Crippen LogP contribution is -2.05. The fraction of sp³-hybridized carbons (Fsp3) is 0. The van der Waals surface area contributed by atoms with Gasteiger partial charge in [0.25, 0.3) is 0 Å². The average Bonchev–Trinajstić information content (AvgIpc) is 2.18. The van der Waals surface area contributed by atoms with Crippen LogP contribution in [0.3, 0.4) is 0 Å². The molecule has 0 aliphatic carbocycles. The van der Waals surface area contributed by atoms with Crippen molar-refractivity contribution in [3.05, 3.63) is 35.2 Å². The topological polar surface area (TPSA) is 80.4 Å². The molecule has 1 aromatic rings.